The average molecular weight is 590 g/mol. The molecule has 0 aliphatic heterocycles. The molecule has 138 valence electrons. The Morgan fingerprint density at radius 3 is 2.56 bits per heavy atom. The van der Waals surface area contributed by atoms with Crippen LogP contribution in [0.1, 0.15) is 5.56 Å². The maximum Gasteiger partial charge on any atom is 0.349 e. The van der Waals surface area contributed by atoms with Crippen LogP contribution < -0.4 is 21.7 Å². The lowest BCUT2D eigenvalue weighted by molar-refractivity contribution is -0.119. The van der Waals surface area contributed by atoms with Crippen LogP contribution in [0, 0.1) is 7.14 Å². The lowest BCUT2D eigenvalue weighted by atomic mass is 10.2. The standard InChI is InChI=1S/C17H12I2N4O4/c18-11-5-9(6-12(19)15(11)27-8-14(20)24)7-21-23-16(25)10-3-1-2-4-13(10)22-17(23)26/h1-7H,8H2,(H2,20,24)(H,22,26). The number of fused-ring (bicyclic) bond motifs is 1. The van der Waals surface area contributed by atoms with Gasteiger partial charge in [-0.05, 0) is 75.0 Å². The highest BCUT2D eigenvalue weighted by atomic mass is 127. The number of nitrogens with two attached hydrogens (primary N) is 1. The van der Waals surface area contributed by atoms with Crippen molar-refractivity contribution in [2.45, 2.75) is 0 Å². The van der Waals surface area contributed by atoms with Gasteiger partial charge in [0, 0.05) is 0 Å². The molecular weight excluding hydrogens is 578 g/mol. The van der Waals surface area contributed by atoms with E-state index in [1.165, 1.54) is 6.21 Å². The molecule has 10 heteroatoms. The predicted molar refractivity (Wildman–Crippen MR) is 118 cm³/mol. The number of halogens is 2. The van der Waals surface area contributed by atoms with E-state index in [2.05, 4.69) is 55.3 Å². The summed E-state index contributed by atoms with van der Waals surface area (Å²) >= 11 is 4.12. The number of carbonyl (C=O) groups is 1. The van der Waals surface area contributed by atoms with Crippen LogP contribution in [0.25, 0.3) is 10.9 Å². The minimum absolute atomic E-state index is 0.221. The largest absolute Gasteiger partial charge is 0.482 e. The van der Waals surface area contributed by atoms with Crippen LogP contribution in [0.15, 0.2) is 51.1 Å². The molecule has 27 heavy (non-hydrogen) atoms. The van der Waals surface area contributed by atoms with Gasteiger partial charge in [0.2, 0.25) is 0 Å². The highest BCUT2D eigenvalue weighted by molar-refractivity contribution is 14.1. The van der Waals surface area contributed by atoms with Gasteiger partial charge in [-0.15, -0.1) is 4.68 Å². The highest BCUT2D eigenvalue weighted by Gasteiger charge is 2.10. The molecule has 3 N–H and O–H groups in total. The molecule has 0 bridgehead atoms. The first-order valence-corrected chi connectivity index (χ1v) is 9.71. The summed E-state index contributed by atoms with van der Waals surface area (Å²) in [6.07, 6.45) is 1.41. The van der Waals surface area contributed by atoms with Gasteiger partial charge in [-0.1, -0.05) is 12.1 Å². The topological polar surface area (TPSA) is 120 Å². The van der Waals surface area contributed by atoms with Gasteiger partial charge in [-0.3, -0.25) is 9.59 Å². The van der Waals surface area contributed by atoms with E-state index >= 15 is 0 Å². The van der Waals surface area contributed by atoms with E-state index in [-0.39, 0.29) is 6.61 Å². The summed E-state index contributed by atoms with van der Waals surface area (Å²) in [6.45, 7) is -0.221. The summed E-state index contributed by atoms with van der Waals surface area (Å²) in [5, 5.41) is 4.39. The first kappa shape index (κ1) is 19.5. The van der Waals surface area contributed by atoms with Crippen molar-refractivity contribution >= 4 is 68.2 Å². The second-order valence-electron chi connectivity index (χ2n) is 5.41. The summed E-state index contributed by atoms with van der Waals surface area (Å²) in [6, 6.07) is 10.2. The Bertz CT molecular complexity index is 1160. The average Bonchev–Trinajstić information content (AvgIpc) is 2.60. The molecule has 0 aliphatic rings. The number of hydrogen-bond acceptors (Lipinski definition) is 5. The molecular formula is C17H12I2N4O4. The third-order valence-corrected chi connectivity index (χ3v) is 5.09. The van der Waals surface area contributed by atoms with Crippen molar-refractivity contribution in [2.75, 3.05) is 6.61 Å². The van der Waals surface area contributed by atoms with Crippen molar-refractivity contribution in [1.29, 1.82) is 0 Å². The number of primary amides is 1. The van der Waals surface area contributed by atoms with E-state index in [1.807, 2.05) is 0 Å². The zero-order valence-corrected chi connectivity index (χ0v) is 17.9. The molecule has 0 atom stereocenters. The quantitative estimate of drug-likeness (QED) is 0.347. The van der Waals surface area contributed by atoms with Crippen molar-refractivity contribution in [3.05, 3.63) is 69.9 Å². The van der Waals surface area contributed by atoms with Gasteiger partial charge < -0.3 is 15.5 Å². The SMILES string of the molecule is NC(=O)COc1c(I)cc(C=Nn2c(=O)[nH]c3ccccc3c2=O)cc1I. The summed E-state index contributed by atoms with van der Waals surface area (Å²) in [7, 11) is 0. The van der Waals surface area contributed by atoms with Crippen LogP contribution in [0.2, 0.25) is 0 Å². The van der Waals surface area contributed by atoms with Crippen LogP contribution in [0.3, 0.4) is 0 Å². The second-order valence-corrected chi connectivity index (χ2v) is 7.73. The minimum Gasteiger partial charge on any atom is -0.482 e. The normalized spacial score (nSPS) is 11.2. The smallest absolute Gasteiger partial charge is 0.349 e. The number of aromatic amines is 1. The first-order chi connectivity index (χ1) is 12.9. The summed E-state index contributed by atoms with van der Waals surface area (Å²) < 4.78 is 7.64. The van der Waals surface area contributed by atoms with Crippen LogP contribution in [0.5, 0.6) is 5.75 Å². The molecule has 3 rings (SSSR count). The van der Waals surface area contributed by atoms with E-state index in [0.29, 0.717) is 22.2 Å². The number of para-hydroxylation sites is 1. The molecule has 1 heterocycles. The number of nitrogens with one attached hydrogen (secondary N) is 1. The van der Waals surface area contributed by atoms with Gasteiger partial charge >= 0.3 is 5.69 Å². The third-order valence-electron chi connectivity index (χ3n) is 3.49. The summed E-state index contributed by atoms with van der Waals surface area (Å²) in [4.78, 5) is 38.1. The molecule has 1 aromatic heterocycles. The number of ether oxygens (including phenoxy) is 1. The predicted octanol–water partition coefficient (Wildman–Crippen LogP) is 1.65. The molecule has 3 aromatic rings. The first-order valence-electron chi connectivity index (χ1n) is 7.55. The molecule has 1 amide bonds. The lowest BCUT2D eigenvalue weighted by Gasteiger charge is -2.09. The Kier molecular flexibility index (Phi) is 5.94. The zero-order valence-electron chi connectivity index (χ0n) is 13.6. The molecule has 2 aromatic carbocycles. The lowest BCUT2D eigenvalue weighted by Crippen LogP contribution is -2.32. The number of rotatable bonds is 5. The van der Waals surface area contributed by atoms with E-state index < -0.39 is 17.2 Å². The summed E-state index contributed by atoms with van der Waals surface area (Å²) in [5.74, 6) is -0.0324. The maximum absolute atomic E-state index is 12.5. The number of benzene rings is 2. The van der Waals surface area contributed by atoms with Crippen LogP contribution >= 0.6 is 45.2 Å². The van der Waals surface area contributed by atoms with Crippen LogP contribution in [-0.4, -0.2) is 28.4 Å². The van der Waals surface area contributed by atoms with Gasteiger partial charge in [-0.25, -0.2) is 4.79 Å². The Morgan fingerprint density at radius 1 is 1.22 bits per heavy atom. The van der Waals surface area contributed by atoms with Crippen LogP contribution in [-0.2, 0) is 4.79 Å². The molecule has 0 spiro atoms. The number of carbonyl (C=O) groups excluding carboxylic acids is 1. The number of hydrogen-bond donors (Lipinski definition) is 2. The Morgan fingerprint density at radius 2 is 1.89 bits per heavy atom. The van der Waals surface area contributed by atoms with Gasteiger partial charge in [0.15, 0.2) is 6.61 Å². The minimum atomic E-state index is -0.624. The number of amides is 1. The molecule has 0 fully saturated rings. The molecule has 0 saturated carbocycles. The Balaban J connectivity index is 1.97. The fourth-order valence-electron chi connectivity index (χ4n) is 2.32. The second kappa shape index (κ2) is 8.21. The Labute approximate surface area is 179 Å². The zero-order chi connectivity index (χ0) is 19.6. The van der Waals surface area contributed by atoms with Crippen LogP contribution in [0.4, 0.5) is 0 Å². The van der Waals surface area contributed by atoms with Crippen molar-refractivity contribution in [3.63, 3.8) is 0 Å². The van der Waals surface area contributed by atoms with Gasteiger partial charge in [0.05, 0.1) is 24.3 Å². The molecule has 0 aliphatic carbocycles. The van der Waals surface area contributed by atoms with Crippen molar-refractivity contribution < 1.29 is 9.53 Å². The van der Waals surface area contributed by atoms with Gasteiger partial charge in [0.1, 0.15) is 5.75 Å². The van der Waals surface area contributed by atoms with E-state index in [1.54, 1.807) is 36.4 Å². The van der Waals surface area contributed by atoms with Crippen molar-refractivity contribution in [1.82, 2.24) is 9.66 Å². The number of aromatic nitrogens is 2. The molecule has 0 radical (unpaired) electrons. The number of nitrogens with zero attached hydrogens (tertiary/aromatic N) is 2. The monoisotopic (exact) mass is 590 g/mol. The number of H-pyrrole nitrogens is 1. The van der Waals surface area contributed by atoms with E-state index in [0.717, 1.165) is 11.8 Å². The fraction of sp³-hybridized carbons (Fsp3) is 0.0588. The third kappa shape index (κ3) is 4.37. The summed E-state index contributed by atoms with van der Waals surface area (Å²) in [5.41, 5.74) is 5.09. The highest BCUT2D eigenvalue weighted by Crippen LogP contribution is 2.28. The molecule has 0 unspecified atom stereocenters. The van der Waals surface area contributed by atoms with E-state index in [4.69, 9.17) is 10.5 Å². The van der Waals surface area contributed by atoms with Gasteiger partial charge in [-0.2, -0.15) is 5.10 Å². The van der Waals surface area contributed by atoms with Crippen molar-refractivity contribution in [2.24, 2.45) is 10.8 Å². The fourth-order valence-corrected chi connectivity index (χ4v) is 4.45. The molecule has 8 nitrogen and oxygen atoms in total. The maximum atomic E-state index is 12.5. The van der Waals surface area contributed by atoms with Crippen molar-refractivity contribution in [3.8, 4) is 5.75 Å². The Hall–Kier alpha value is -2.22. The van der Waals surface area contributed by atoms with Gasteiger partial charge in [0.25, 0.3) is 11.5 Å². The molecule has 0 saturated heterocycles. The van der Waals surface area contributed by atoms with E-state index in [9.17, 15) is 14.4 Å².